The van der Waals surface area contributed by atoms with Crippen LogP contribution in [0.15, 0.2) is 47.8 Å². The molecule has 1 aliphatic heterocycles. The highest BCUT2D eigenvalue weighted by Gasteiger charge is 2.26. The highest BCUT2D eigenvalue weighted by atomic mass is 32.1. The fourth-order valence-electron chi connectivity index (χ4n) is 3.14. The number of carbonyl (C=O) groups excluding carboxylic acids is 2. The van der Waals surface area contributed by atoms with Crippen molar-refractivity contribution in [2.24, 2.45) is 0 Å². The molecule has 2 heterocycles. The Bertz CT molecular complexity index is 728. The molecular weight excluding hydrogens is 360 g/mol. The zero-order valence-electron chi connectivity index (χ0n) is 15.6. The molecule has 1 saturated heterocycles. The lowest BCUT2D eigenvalue weighted by Gasteiger charge is -2.37. The molecule has 144 valence electrons. The van der Waals surface area contributed by atoms with E-state index in [0.717, 1.165) is 38.3 Å². The van der Waals surface area contributed by atoms with Crippen molar-refractivity contribution >= 4 is 23.3 Å². The lowest BCUT2D eigenvalue weighted by atomic mass is 10.2. The molecule has 7 heteroatoms. The minimum absolute atomic E-state index is 0.257. The van der Waals surface area contributed by atoms with E-state index in [1.54, 1.807) is 11.3 Å². The second-order valence-corrected chi connectivity index (χ2v) is 7.76. The average Bonchev–Trinajstić information content (AvgIpc) is 3.20. The first-order valence-electron chi connectivity index (χ1n) is 9.23. The van der Waals surface area contributed by atoms with Crippen molar-refractivity contribution in [3.05, 3.63) is 58.3 Å². The molecule has 0 spiro atoms. The minimum Gasteiger partial charge on any atom is -0.334 e. The Morgan fingerprint density at radius 2 is 1.81 bits per heavy atom. The Balaban J connectivity index is 1.39. The van der Waals surface area contributed by atoms with Gasteiger partial charge in [-0.1, -0.05) is 36.4 Å². The summed E-state index contributed by atoms with van der Waals surface area (Å²) in [4.78, 5) is 30.2. The molecule has 2 N–H and O–H groups in total. The molecule has 1 atom stereocenters. The van der Waals surface area contributed by atoms with E-state index in [1.807, 2.05) is 37.3 Å². The summed E-state index contributed by atoms with van der Waals surface area (Å²) in [6, 6.07) is 13.1. The van der Waals surface area contributed by atoms with Crippen LogP contribution in [0.4, 0.5) is 4.79 Å². The maximum Gasteiger partial charge on any atom is 0.321 e. The van der Waals surface area contributed by atoms with Gasteiger partial charge < -0.3 is 5.32 Å². The van der Waals surface area contributed by atoms with Crippen molar-refractivity contribution in [1.82, 2.24) is 20.4 Å². The number of imide groups is 1. The van der Waals surface area contributed by atoms with E-state index in [4.69, 9.17) is 0 Å². The van der Waals surface area contributed by atoms with Gasteiger partial charge in [-0.25, -0.2) is 4.79 Å². The first-order chi connectivity index (χ1) is 13.1. The first-order valence-corrected chi connectivity index (χ1v) is 10.1. The Morgan fingerprint density at radius 3 is 2.48 bits per heavy atom. The van der Waals surface area contributed by atoms with Crippen LogP contribution in [0.25, 0.3) is 0 Å². The number of rotatable bonds is 6. The van der Waals surface area contributed by atoms with Crippen molar-refractivity contribution in [3.63, 3.8) is 0 Å². The predicted octanol–water partition coefficient (Wildman–Crippen LogP) is 2.28. The van der Waals surface area contributed by atoms with Gasteiger partial charge >= 0.3 is 6.03 Å². The van der Waals surface area contributed by atoms with Crippen molar-refractivity contribution in [1.29, 1.82) is 0 Å². The van der Waals surface area contributed by atoms with Crippen LogP contribution in [0.3, 0.4) is 0 Å². The van der Waals surface area contributed by atoms with Gasteiger partial charge in [-0.3, -0.25) is 19.9 Å². The Labute approximate surface area is 164 Å². The van der Waals surface area contributed by atoms with Crippen LogP contribution >= 0.6 is 11.3 Å². The molecule has 3 rings (SSSR count). The van der Waals surface area contributed by atoms with E-state index in [0.29, 0.717) is 6.54 Å². The van der Waals surface area contributed by atoms with Crippen molar-refractivity contribution in [3.8, 4) is 0 Å². The number of amides is 3. The zero-order valence-corrected chi connectivity index (χ0v) is 16.4. The number of nitrogens with zero attached hydrogens (tertiary/aromatic N) is 2. The lowest BCUT2D eigenvalue weighted by Crippen LogP contribution is -2.55. The first kappa shape index (κ1) is 19.5. The summed E-state index contributed by atoms with van der Waals surface area (Å²) >= 11 is 1.77. The molecule has 6 nitrogen and oxygen atoms in total. The van der Waals surface area contributed by atoms with Gasteiger partial charge in [-0.15, -0.1) is 11.3 Å². The van der Waals surface area contributed by atoms with E-state index in [-0.39, 0.29) is 11.9 Å². The zero-order chi connectivity index (χ0) is 19.1. The third-order valence-electron chi connectivity index (χ3n) is 4.83. The normalized spacial score (nSPS) is 16.6. The van der Waals surface area contributed by atoms with Gasteiger partial charge in [0.25, 0.3) is 0 Å². The molecular formula is C20H26N4O2S. The SMILES string of the molecule is CC(C(=O)NC(=O)NCc1ccccc1)N1CCN(Cc2cccs2)CC1. The minimum atomic E-state index is -0.452. The lowest BCUT2D eigenvalue weighted by molar-refractivity contribution is -0.125. The summed E-state index contributed by atoms with van der Waals surface area (Å²) in [6.45, 7) is 6.72. The molecule has 1 fully saturated rings. The van der Waals surface area contributed by atoms with Gasteiger partial charge in [0.15, 0.2) is 0 Å². The fraction of sp³-hybridized carbons (Fsp3) is 0.400. The van der Waals surface area contributed by atoms with Gasteiger partial charge in [0.2, 0.25) is 5.91 Å². The molecule has 1 unspecified atom stereocenters. The number of hydrogen-bond acceptors (Lipinski definition) is 5. The van der Waals surface area contributed by atoms with Gasteiger partial charge in [-0.2, -0.15) is 0 Å². The van der Waals surface area contributed by atoms with Gasteiger partial charge in [0, 0.05) is 44.1 Å². The van der Waals surface area contributed by atoms with E-state index >= 15 is 0 Å². The van der Waals surface area contributed by atoms with Crippen LogP contribution in [0, 0.1) is 0 Å². The Kier molecular flexibility index (Phi) is 6.98. The summed E-state index contributed by atoms with van der Waals surface area (Å²) in [5, 5.41) is 7.27. The highest BCUT2D eigenvalue weighted by molar-refractivity contribution is 7.09. The summed E-state index contributed by atoms with van der Waals surface area (Å²) in [5.41, 5.74) is 0.995. The maximum absolute atomic E-state index is 12.4. The van der Waals surface area contributed by atoms with Crippen LogP contribution < -0.4 is 10.6 Å². The maximum atomic E-state index is 12.4. The molecule has 1 aliphatic rings. The summed E-state index contributed by atoms with van der Waals surface area (Å²) in [5.74, 6) is -0.257. The largest absolute Gasteiger partial charge is 0.334 e. The van der Waals surface area contributed by atoms with Gasteiger partial charge in [0.1, 0.15) is 0 Å². The number of carbonyl (C=O) groups is 2. The monoisotopic (exact) mass is 386 g/mol. The van der Waals surface area contributed by atoms with Crippen molar-refractivity contribution in [2.75, 3.05) is 26.2 Å². The molecule has 0 aliphatic carbocycles. The van der Waals surface area contributed by atoms with Crippen LogP contribution in [0.1, 0.15) is 17.4 Å². The Hall–Kier alpha value is -2.22. The summed E-state index contributed by atoms with van der Waals surface area (Å²) < 4.78 is 0. The van der Waals surface area contributed by atoms with Crippen LogP contribution in [-0.2, 0) is 17.9 Å². The van der Waals surface area contributed by atoms with E-state index in [9.17, 15) is 9.59 Å². The number of nitrogens with one attached hydrogen (secondary N) is 2. The molecule has 27 heavy (non-hydrogen) atoms. The second-order valence-electron chi connectivity index (χ2n) is 6.72. The summed E-state index contributed by atoms with van der Waals surface area (Å²) in [7, 11) is 0. The second kappa shape index (κ2) is 9.64. The number of urea groups is 1. The van der Waals surface area contributed by atoms with Gasteiger partial charge in [0.05, 0.1) is 6.04 Å². The van der Waals surface area contributed by atoms with Crippen molar-refractivity contribution < 1.29 is 9.59 Å². The van der Waals surface area contributed by atoms with Crippen LogP contribution in [-0.4, -0.2) is 54.0 Å². The fourth-order valence-corrected chi connectivity index (χ4v) is 3.88. The summed E-state index contributed by atoms with van der Waals surface area (Å²) in [6.07, 6.45) is 0. The third-order valence-corrected chi connectivity index (χ3v) is 5.69. The number of piperazine rings is 1. The quantitative estimate of drug-likeness (QED) is 0.800. The van der Waals surface area contributed by atoms with E-state index in [2.05, 4.69) is 37.9 Å². The molecule has 0 bridgehead atoms. The van der Waals surface area contributed by atoms with Crippen LogP contribution in [0.5, 0.6) is 0 Å². The molecule has 1 aromatic heterocycles. The van der Waals surface area contributed by atoms with E-state index in [1.165, 1.54) is 4.88 Å². The smallest absolute Gasteiger partial charge is 0.321 e. The molecule has 3 amide bonds. The topological polar surface area (TPSA) is 64.7 Å². The third kappa shape index (κ3) is 5.89. The number of thiophene rings is 1. The molecule has 0 saturated carbocycles. The Morgan fingerprint density at radius 1 is 1.07 bits per heavy atom. The predicted molar refractivity (Wildman–Crippen MR) is 107 cm³/mol. The molecule has 1 aromatic carbocycles. The standard InChI is InChI=1S/C20H26N4O2S/c1-16(19(25)22-20(26)21-14-17-6-3-2-4-7-17)24-11-9-23(10-12-24)15-18-8-5-13-27-18/h2-8,13,16H,9-12,14-15H2,1H3,(H2,21,22,25,26). The molecule has 2 aromatic rings. The van der Waals surface area contributed by atoms with Crippen LogP contribution in [0.2, 0.25) is 0 Å². The number of benzene rings is 1. The highest BCUT2D eigenvalue weighted by Crippen LogP contribution is 2.14. The molecule has 0 radical (unpaired) electrons. The van der Waals surface area contributed by atoms with Gasteiger partial charge in [-0.05, 0) is 23.9 Å². The number of hydrogen-bond donors (Lipinski definition) is 2. The van der Waals surface area contributed by atoms with Crippen molar-refractivity contribution in [2.45, 2.75) is 26.1 Å². The average molecular weight is 387 g/mol. The van der Waals surface area contributed by atoms with E-state index < -0.39 is 6.03 Å².